The van der Waals surface area contributed by atoms with Crippen molar-refractivity contribution < 1.29 is 4.79 Å². The molecule has 3 aromatic heterocycles. The van der Waals surface area contributed by atoms with E-state index in [1.807, 2.05) is 37.3 Å². The zero-order chi connectivity index (χ0) is 16.9. The molecule has 0 atom stereocenters. The first-order chi connectivity index (χ1) is 11.6. The predicted octanol–water partition coefficient (Wildman–Crippen LogP) is 3.68. The van der Waals surface area contributed by atoms with Crippen LogP contribution in [-0.4, -0.2) is 20.9 Å². The summed E-state index contributed by atoms with van der Waals surface area (Å²) in [6.45, 7) is 2.19. The lowest BCUT2D eigenvalue weighted by Crippen LogP contribution is -2.23. The highest BCUT2D eigenvalue weighted by Crippen LogP contribution is 2.25. The van der Waals surface area contributed by atoms with Gasteiger partial charge < -0.3 is 10.6 Å². The molecule has 3 aromatic rings. The van der Waals surface area contributed by atoms with Crippen LogP contribution < -0.4 is 10.6 Å². The van der Waals surface area contributed by atoms with E-state index >= 15 is 0 Å². The van der Waals surface area contributed by atoms with Crippen molar-refractivity contribution in [3.05, 3.63) is 63.5 Å². The van der Waals surface area contributed by atoms with Crippen LogP contribution in [0.15, 0.2) is 47.2 Å². The third-order valence-corrected chi connectivity index (χ3v) is 4.66. The molecule has 0 saturated heterocycles. The second kappa shape index (κ2) is 7.50. The van der Waals surface area contributed by atoms with Gasteiger partial charge in [-0.3, -0.25) is 9.78 Å². The molecular weight excluding hydrogens is 390 g/mol. The molecule has 0 aliphatic heterocycles. The minimum absolute atomic E-state index is 0.160. The second-order valence-electron chi connectivity index (χ2n) is 4.92. The van der Waals surface area contributed by atoms with Gasteiger partial charge in [0.1, 0.15) is 10.7 Å². The maximum atomic E-state index is 12.3. The maximum absolute atomic E-state index is 12.3. The molecule has 0 saturated carbocycles. The van der Waals surface area contributed by atoms with Gasteiger partial charge in [0.15, 0.2) is 5.13 Å². The van der Waals surface area contributed by atoms with Crippen molar-refractivity contribution in [2.45, 2.75) is 13.5 Å². The summed E-state index contributed by atoms with van der Waals surface area (Å²) in [5, 5.41) is 6.59. The molecule has 0 aliphatic rings. The molecule has 0 unspecified atom stereocenters. The Kier molecular flexibility index (Phi) is 5.17. The summed E-state index contributed by atoms with van der Waals surface area (Å²) in [6.07, 6.45) is 3.40. The fourth-order valence-corrected chi connectivity index (χ4v) is 3.10. The lowest BCUT2D eigenvalue weighted by Gasteiger charge is -2.03. The summed E-state index contributed by atoms with van der Waals surface area (Å²) in [5.74, 6) is 0.514. The van der Waals surface area contributed by atoms with Gasteiger partial charge in [0.2, 0.25) is 0 Å². The van der Waals surface area contributed by atoms with E-state index in [9.17, 15) is 4.79 Å². The number of anilines is 2. The highest BCUT2D eigenvalue weighted by Gasteiger charge is 2.15. The molecule has 2 N–H and O–H groups in total. The first kappa shape index (κ1) is 16.5. The van der Waals surface area contributed by atoms with E-state index in [4.69, 9.17) is 0 Å². The van der Waals surface area contributed by atoms with Crippen LogP contribution in [0.4, 0.5) is 10.9 Å². The van der Waals surface area contributed by atoms with Gasteiger partial charge >= 0.3 is 0 Å². The lowest BCUT2D eigenvalue weighted by molar-refractivity contribution is 0.0953. The molecule has 3 rings (SSSR count). The Balaban J connectivity index is 1.66. The summed E-state index contributed by atoms with van der Waals surface area (Å²) in [5.41, 5.74) is 1.49. The molecule has 0 bridgehead atoms. The van der Waals surface area contributed by atoms with E-state index in [0.29, 0.717) is 28.1 Å². The molecule has 24 heavy (non-hydrogen) atoms. The van der Waals surface area contributed by atoms with Gasteiger partial charge in [-0.05, 0) is 47.1 Å². The van der Waals surface area contributed by atoms with Crippen molar-refractivity contribution in [2.24, 2.45) is 0 Å². The van der Waals surface area contributed by atoms with E-state index in [-0.39, 0.29) is 5.91 Å². The van der Waals surface area contributed by atoms with Crippen molar-refractivity contribution in [2.75, 3.05) is 5.32 Å². The smallest absolute Gasteiger partial charge is 0.263 e. The lowest BCUT2D eigenvalue weighted by atomic mass is 10.3. The highest BCUT2D eigenvalue weighted by atomic mass is 79.9. The van der Waals surface area contributed by atoms with Gasteiger partial charge in [-0.25, -0.2) is 9.97 Å². The van der Waals surface area contributed by atoms with Crippen LogP contribution in [0.5, 0.6) is 0 Å². The van der Waals surface area contributed by atoms with Gasteiger partial charge in [-0.2, -0.15) is 0 Å². The first-order valence-corrected chi connectivity index (χ1v) is 8.77. The molecular formula is C16H14BrN5OS. The Bertz CT molecular complexity index is 835. The summed E-state index contributed by atoms with van der Waals surface area (Å²) in [6, 6.07) is 9.32. The summed E-state index contributed by atoms with van der Waals surface area (Å²) in [4.78, 5) is 25.7. The number of aryl methyl sites for hydroxylation is 1. The van der Waals surface area contributed by atoms with Gasteiger partial charge in [0, 0.05) is 16.9 Å². The zero-order valence-electron chi connectivity index (χ0n) is 12.8. The molecule has 122 valence electrons. The quantitative estimate of drug-likeness (QED) is 0.678. The number of carbonyl (C=O) groups excluding carboxylic acids is 1. The number of carbonyl (C=O) groups is 1. The van der Waals surface area contributed by atoms with Crippen LogP contribution in [0.25, 0.3) is 0 Å². The number of pyridine rings is 2. The van der Waals surface area contributed by atoms with Crippen molar-refractivity contribution in [3.8, 4) is 0 Å². The molecule has 0 aromatic carbocycles. The normalized spacial score (nSPS) is 10.4. The number of hydrogen-bond acceptors (Lipinski definition) is 6. The minimum Gasteiger partial charge on any atom is -0.346 e. The number of thiazole rings is 1. The van der Waals surface area contributed by atoms with Crippen LogP contribution in [0.2, 0.25) is 0 Å². The molecule has 1 amide bonds. The van der Waals surface area contributed by atoms with Crippen molar-refractivity contribution in [1.82, 2.24) is 20.3 Å². The van der Waals surface area contributed by atoms with Gasteiger partial charge in [-0.1, -0.05) is 17.4 Å². The highest BCUT2D eigenvalue weighted by molar-refractivity contribution is 9.10. The minimum atomic E-state index is -0.160. The zero-order valence-corrected chi connectivity index (χ0v) is 15.2. The van der Waals surface area contributed by atoms with Gasteiger partial charge in [0.25, 0.3) is 5.91 Å². The van der Waals surface area contributed by atoms with Crippen LogP contribution in [0.3, 0.4) is 0 Å². The molecule has 0 radical (unpaired) electrons. The van der Waals surface area contributed by atoms with Crippen LogP contribution in [0.1, 0.15) is 21.1 Å². The molecule has 0 aliphatic carbocycles. The molecule has 6 nitrogen and oxygen atoms in total. The standard InChI is InChI=1S/C16H14BrN5OS/c1-10-14(15(23)20-9-12-4-2-3-7-18-12)24-16(21-10)22-13-6-5-11(17)8-19-13/h2-8H,9H2,1H3,(H,20,23)(H,19,21,22). The second-order valence-corrected chi connectivity index (χ2v) is 6.84. The van der Waals surface area contributed by atoms with Crippen molar-refractivity contribution in [1.29, 1.82) is 0 Å². The fraction of sp³-hybridized carbons (Fsp3) is 0.125. The van der Waals surface area contributed by atoms with Crippen molar-refractivity contribution >= 4 is 44.1 Å². The van der Waals surface area contributed by atoms with Crippen LogP contribution in [-0.2, 0) is 6.54 Å². The molecule has 3 heterocycles. The number of nitrogens with zero attached hydrogens (tertiary/aromatic N) is 3. The predicted molar refractivity (Wildman–Crippen MR) is 97.5 cm³/mol. The van der Waals surface area contributed by atoms with Crippen LogP contribution >= 0.6 is 27.3 Å². The summed E-state index contributed by atoms with van der Waals surface area (Å²) >= 11 is 4.64. The average molecular weight is 404 g/mol. The Morgan fingerprint density at radius 2 is 2.12 bits per heavy atom. The number of rotatable bonds is 5. The Hall–Kier alpha value is -2.32. The largest absolute Gasteiger partial charge is 0.346 e. The Morgan fingerprint density at radius 1 is 1.25 bits per heavy atom. The molecule has 8 heteroatoms. The Labute approximate surface area is 151 Å². The summed E-state index contributed by atoms with van der Waals surface area (Å²) < 4.78 is 0.901. The van der Waals surface area contributed by atoms with Crippen molar-refractivity contribution in [3.63, 3.8) is 0 Å². The third kappa shape index (κ3) is 4.15. The van der Waals surface area contributed by atoms with E-state index in [2.05, 4.69) is 41.5 Å². The average Bonchev–Trinajstić information content (AvgIpc) is 2.96. The number of aromatic nitrogens is 3. The monoisotopic (exact) mass is 403 g/mol. The van der Waals surface area contributed by atoms with E-state index in [1.165, 1.54) is 11.3 Å². The number of hydrogen-bond donors (Lipinski definition) is 2. The number of nitrogens with one attached hydrogen (secondary N) is 2. The third-order valence-electron chi connectivity index (χ3n) is 3.12. The van der Waals surface area contributed by atoms with E-state index < -0.39 is 0 Å². The van der Waals surface area contributed by atoms with Gasteiger partial charge in [-0.15, -0.1) is 0 Å². The SMILES string of the molecule is Cc1nc(Nc2ccc(Br)cn2)sc1C(=O)NCc1ccccn1. The Morgan fingerprint density at radius 3 is 2.83 bits per heavy atom. The van der Waals surface area contributed by atoms with E-state index in [0.717, 1.165) is 10.2 Å². The van der Waals surface area contributed by atoms with Crippen LogP contribution in [0, 0.1) is 6.92 Å². The summed E-state index contributed by atoms with van der Waals surface area (Å²) in [7, 11) is 0. The molecule has 0 fully saturated rings. The topological polar surface area (TPSA) is 79.8 Å². The van der Waals surface area contributed by atoms with Gasteiger partial charge in [0.05, 0.1) is 17.9 Å². The number of amides is 1. The first-order valence-electron chi connectivity index (χ1n) is 7.16. The van der Waals surface area contributed by atoms with E-state index in [1.54, 1.807) is 12.4 Å². The maximum Gasteiger partial charge on any atom is 0.263 e. The fourth-order valence-electron chi connectivity index (χ4n) is 1.97. The number of halogens is 1. The molecule has 0 spiro atoms.